The first-order chi connectivity index (χ1) is 9.88. The molecule has 0 radical (unpaired) electrons. The van der Waals surface area contributed by atoms with Gasteiger partial charge in [-0.05, 0) is 60.7 Å². The summed E-state index contributed by atoms with van der Waals surface area (Å²) in [5.74, 6) is 0.732. The zero-order valence-corrected chi connectivity index (χ0v) is 13.0. The summed E-state index contributed by atoms with van der Waals surface area (Å²) in [7, 11) is 0. The number of rotatable bonds is 5. The van der Waals surface area contributed by atoms with E-state index >= 15 is 0 Å². The molecule has 0 saturated carbocycles. The van der Waals surface area contributed by atoms with Gasteiger partial charge in [-0.1, -0.05) is 37.3 Å². The number of hydrogen-bond donors (Lipinski definition) is 1. The van der Waals surface area contributed by atoms with Crippen LogP contribution in [0.3, 0.4) is 0 Å². The summed E-state index contributed by atoms with van der Waals surface area (Å²) < 4.78 is 0. The normalized spacial score (nSPS) is 21.6. The molecule has 0 amide bonds. The molecule has 1 aromatic carbocycles. The Morgan fingerprint density at radius 2 is 2.10 bits per heavy atom. The molecule has 1 N–H and O–H groups in total. The van der Waals surface area contributed by atoms with E-state index in [1.54, 1.807) is 5.56 Å². The lowest BCUT2D eigenvalue weighted by molar-refractivity contribution is 0.320. The summed E-state index contributed by atoms with van der Waals surface area (Å²) in [4.78, 5) is 1.53. The van der Waals surface area contributed by atoms with Crippen LogP contribution in [-0.2, 0) is 12.8 Å². The van der Waals surface area contributed by atoms with Crippen molar-refractivity contribution >= 4 is 11.3 Å². The second kappa shape index (κ2) is 6.55. The maximum atomic E-state index is 3.79. The highest BCUT2D eigenvalue weighted by atomic mass is 32.1. The van der Waals surface area contributed by atoms with Crippen molar-refractivity contribution in [2.45, 2.75) is 38.6 Å². The standard InChI is InChI=1S/C18H23NS/c1-2-11-19-18-15(13-16-7-5-12-20-16)10-9-14-6-3-4-8-17(14)18/h3-8,12,15,18-19H,2,9-11,13H2,1H3. The van der Waals surface area contributed by atoms with Gasteiger partial charge in [0, 0.05) is 10.9 Å². The third-order valence-electron chi connectivity index (χ3n) is 4.30. The maximum absolute atomic E-state index is 3.79. The Balaban J connectivity index is 1.82. The molecule has 1 aromatic heterocycles. The van der Waals surface area contributed by atoms with Crippen molar-refractivity contribution in [3.05, 3.63) is 57.8 Å². The summed E-state index contributed by atoms with van der Waals surface area (Å²) in [6, 6.07) is 14.0. The van der Waals surface area contributed by atoms with Crippen LogP contribution in [0.5, 0.6) is 0 Å². The van der Waals surface area contributed by atoms with E-state index in [0.717, 1.165) is 12.5 Å². The predicted octanol–water partition coefficient (Wildman–Crippen LogP) is 4.59. The molecule has 1 nitrogen and oxygen atoms in total. The Morgan fingerprint density at radius 1 is 1.20 bits per heavy atom. The van der Waals surface area contributed by atoms with Gasteiger partial charge >= 0.3 is 0 Å². The van der Waals surface area contributed by atoms with Gasteiger partial charge in [-0.2, -0.15) is 0 Å². The van der Waals surface area contributed by atoms with Crippen molar-refractivity contribution in [1.82, 2.24) is 5.32 Å². The molecule has 0 fully saturated rings. The Labute approximate surface area is 126 Å². The van der Waals surface area contributed by atoms with Crippen LogP contribution >= 0.6 is 11.3 Å². The Bertz CT molecular complexity index is 532. The van der Waals surface area contributed by atoms with Gasteiger partial charge in [-0.25, -0.2) is 0 Å². The average molecular weight is 285 g/mol. The van der Waals surface area contributed by atoms with E-state index in [0.29, 0.717) is 6.04 Å². The summed E-state index contributed by atoms with van der Waals surface area (Å²) in [6.07, 6.45) is 4.95. The van der Waals surface area contributed by atoms with Crippen molar-refractivity contribution in [3.8, 4) is 0 Å². The lowest BCUT2D eigenvalue weighted by Crippen LogP contribution is -2.34. The minimum atomic E-state index is 0.530. The molecule has 20 heavy (non-hydrogen) atoms. The molecule has 2 aromatic rings. The number of thiophene rings is 1. The van der Waals surface area contributed by atoms with Crippen LogP contribution in [-0.4, -0.2) is 6.54 Å². The highest BCUT2D eigenvalue weighted by molar-refractivity contribution is 7.09. The minimum Gasteiger partial charge on any atom is -0.310 e. The van der Waals surface area contributed by atoms with Crippen LogP contribution in [0.1, 0.15) is 41.8 Å². The van der Waals surface area contributed by atoms with Gasteiger partial charge in [0.1, 0.15) is 0 Å². The number of nitrogens with one attached hydrogen (secondary N) is 1. The molecule has 1 aliphatic rings. The fourth-order valence-electron chi connectivity index (χ4n) is 3.31. The van der Waals surface area contributed by atoms with Gasteiger partial charge in [0.25, 0.3) is 0 Å². The molecule has 2 heteroatoms. The van der Waals surface area contributed by atoms with E-state index in [1.165, 1.54) is 36.1 Å². The van der Waals surface area contributed by atoms with Crippen LogP contribution in [0.4, 0.5) is 0 Å². The van der Waals surface area contributed by atoms with Crippen molar-refractivity contribution in [2.24, 2.45) is 5.92 Å². The summed E-state index contributed by atoms with van der Waals surface area (Å²) in [5, 5.41) is 5.99. The highest BCUT2D eigenvalue weighted by Gasteiger charge is 2.28. The largest absolute Gasteiger partial charge is 0.310 e. The van der Waals surface area contributed by atoms with Crippen LogP contribution < -0.4 is 5.32 Å². The molecule has 2 atom stereocenters. The van der Waals surface area contributed by atoms with Crippen molar-refractivity contribution in [3.63, 3.8) is 0 Å². The van der Waals surface area contributed by atoms with Crippen molar-refractivity contribution in [2.75, 3.05) is 6.54 Å². The van der Waals surface area contributed by atoms with Gasteiger partial charge < -0.3 is 5.32 Å². The molecule has 3 rings (SSSR count). The summed E-state index contributed by atoms with van der Waals surface area (Å²) in [5.41, 5.74) is 3.08. The second-order valence-corrected chi connectivity index (χ2v) is 6.75. The number of aryl methyl sites for hydroxylation is 1. The van der Waals surface area contributed by atoms with Gasteiger partial charge in [0.2, 0.25) is 0 Å². The molecule has 2 unspecified atom stereocenters. The van der Waals surface area contributed by atoms with Crippen LogP contribution in [0, 0.1) is 5.92 Å². The molecule has 0 aliphatic heterocycles. The van der Waals surface area contributed by atoms with Gasteiger partial charge in [-0.15, -0.1) is 11.3 Å². The predicted molar refractivity (Wildman–Crippen MR) is 87.3 cm³/mol. The molecule has 0 bridgehead atoms. The van der Waals surface area contributed by atoms with Crippen LogP contribution in [0.2, 0.25) is 0 Å². The molecule has 0 spiro atoms. The first-order valence-electron chi connectivity index (χ1n) is 7.72. The zero-order valence-electron chi connectivity index (χ0n) is 12.1. The Morgan fingerprint density at radius 3 is 2.90 bits per heavy atom. The fraction of sp³-hybridized carbons (Fsp3) is 0.444. The lowest BCUT2D eigenvalue weighted by atomic mass is 9.78. The van der Waals surface area contributed by atoms with Crippen molar-refractivity contribution in [1.29, 1.82) is 0 Å². The van der Waals surface area contributed by atoms with Gasteiger partial charge in [0.15, 0.2) is 0 Å². The van der Waals surface area contributed by atoms with E-state index in [1.807, 2.05) is 11.3 Å². The Hall–Kier alpha value is -1.12. The minimum absolute atomic E-state index is 0.530. The topological polar surface area (TPSA) is 12.0 Å². The van der Waals surface area contributed by atoms with Gasteiger partial charge in [-0.3, -0.25) is 0 Å². The summed E-state index contributed by atoms with van der Waals surface area (Å²) in [6.45, 7) is 3.36. The van der Waals surface area contributed by atoms with Crippen LogP contribution in [0.25, 0.3) is 0 Å². The monoisotopic (exact) mass is 285 g/mol. The third-order valence-corrected chi connectivity index (χ3v) is 5.20. The lowest BCUT2D eigenvalue weighted by Gasteiger charge is -2.34. The third kappa shape index (κ3) is 2.97. The average Bonchev–Trinajstić information content (AvgIpc) is 2.99. The first-order valence-corrected chi connectivity index (χ1v) is 8.60. The highest BCUT2D eigenvalue weighted by Crippen LogP contribution is 2.36. The molecule has 106 valence electrons. The summed E-state index contributed by atoms with van der Waals surface area (Å²) >= 11 is 1.90. The Kier molecular flexibility index (Phi) is 4.54. The van der Waals surface area contributed by atoms with E-state index < -0.39 is 0 Å². The van der Waals surface area contributed by atoms with Gasteiger partial charge in [0.05, 0.1) is 0 Å². The van der Waals surface area contributed by atoms with E-state index in [2.05, 4.69) is 54.0 Å². The molecular weight excluding hydrogens is 262 g/mol. The van der Waals surface area contributed by atoms with E-state index in [9.17, 15) is 0 Å². The van der Waals surface area contributed by atoms with E-state index in [4.69, 9.17) is 0 Å². The number of hydrogen-bond acceptors (Lipinski definition) is 2. The fourth-order valence-corrected chi connectivity index (χ4v) is 4.11. The molecule has 1 heterocycles. The molecule has 0 saturated heterocycles. The molecular formula is C18H23NS. The second-order valence-electron chi connectivity index (χ2n) is 5.71. The van der Waals surface area contributed by atoms with Crippen LogP contribution in [0.15, 0.2) is 41.8 Å². The number of fused-ring (bicyclic) bond motifs is 1. The molecule has 1 aliphatic carbocycles. The maximum Gasteiger partial charge on any atom is 0.0354 e. The first kappa shape index (κ1) is 13.8. The van der Waals surface area contributed by atoms with Crippen molar-refractivity contribution < 1.29 is 0 Å². The number of benzene rings is 1. The quantitative estimate of drug-likeness (QED) is 0.847. The zero-order chi connectivity index (χ0) is 13.8. The van der Waals surface area contributed by atoms with E-state index in [-0.39, 0.29) is 0 Å². The smallest absolute Gasteiger partial charge is 0.0354 e. The SMILES string of the molecule is CCCNC1c2ccccc2CCC1Cc1cccs1.